The van der Waals surface area contributed by atoms with Crippen LogP contribution in [0.2, 0.25) is 5.02 Å². The third-order valence-corrected chi connectivity index (χ3v) is 6.62. The first-order chi connectivity index (χ1) is 19.2. The van der Waals surface area contributed by atoms with Crippen molar-refractivity contribution in [3.63, 3.8) is 0 Å². The van der Waals surface area contributed by atoms with Gasteiger partial charge < -0.3 is 13.9 Å². The van der Waals surface area contributed by atoms with E-state index in [4.69, 9.17) is 20.8 Å². The van der Waals surface area contributed by atoms with E-state index < -0.39 is 28.2 Å². The lowest BCUT2D eigenvalue weighted by atomic mass is 10.2. The molecule has 5 rings (SSSR count). The van der Waals surface area contributed by atoms with Crippen LogP contribution in [0.5, 0.6) is 5.75 Å². The minimum absolute atomic E-state index is 0.125. The Balaban J connectivity index is 1.63. The summed E-state index contributed by atoms with van der Waals surface area (Å²) in [6.07, 6.45) is 0.0856. The van der Waals surface area contributed by atoms with E-state index in [1.54, 1.807) is 36.4 Å². The first kappa shape index (κ1) is 27.0. The van der Waals surface area contributed by atoms with Gasteiger partial charge in [-0.2, -0.15) is 9.78 Å². The van der Waals surface area contributed by atoms with Crippen LogP contribution in [0.15, 0.2) is 79.4 Å². The van der Waals surface area contributed by atoms with Crippen LogP contribution in [-0.2, 0) is 9.53 Å². The molecule has 3 aromatic carbocycles. The van der Waals surface area contributed by atoms with Crippen LogP contribution in [0.4, 0.5) is 5.69 Å². The van der Waals surface area contributed by atoms with E-state index in [9.17, 15) is 19.7 Å². The quantitative estimate of drug-likeness (QED) is 0.0935. The van der Waals surface area contributed by atoms with Gasteiger partial charge in [0.05, 0.1) is 34.2 Å². The number of benzene rings is 3. The summed E-state index contributed by atoms with van der Waals surface area (Å²) in [5, 5.41) is 17.1. The number of hydrogen-bond donors (Lipinski definition) is 0. The van der Waals surface area contributed by atoms with E-state index in [1.165, 1.54) is 26.3 Å². The van der Waals surface area contributed by atoms with Crippen molar-refractivity contribution in [3.05, 3.63) is 96.2 Å². The second-order valence-electron chi connectivity index (χ2n) is 8.50. The number of esters is 1. The number of carbonyl (C=O) groups excluding carboxylic acids is 1. The summed E-state index contributed by atoms with van der Waals surface area (Å²) in [5.74, 6) is -0.623. The maximum Gasteiger partial charge on any atom is 0.346 e. The highest BCUT2D eigenvalue weighted by Crippen LogP contribution is 2.37. The van der Waals surface area contributed by atoms with Crippen LogP contribution >= 0.6 is 27.5 Å². The van der Waals surface area contributed by atoms with Gasteiger partial charge in [0.2, 0.25) is 11.6 Å². The molecule has 2 heterocycles. The van der Waals surface area contributed by atoms with E-state index in [0.29, 0.717) is 16.5 Å². The van der Waals surface area contributed by atoms with Crippen molar-refractivity contribution in [1.29, 1.82) is 0 Å². The molecule has 0 saturated carbocycles. The number of rotatable bonds is 7. The molecule has 0 aliphatic rings. The SMILES string of the molecule is COC(=O)[C@H](C)Oc1c(Cl)cc(C=Nn2c(-c3cc4cc(Br)ccc4o3)nc3ccccc3c2=O)cc1[N+](=O)[O-]. The minimum atomic E-state index is -1.14. The van der Waals surface area contributed by atoms with Crippen LogP contribution in [0.3, 0.4) is 0 Å². The van der Waals surface area contributed by atoms with Crippen molar-refractivity contribution in [2.24, 2.45) is 5.10 Å². The molecule has 0 saturated heterocycles. The van der Waals surface area contributed by atoms with Crippen LogP contribution in [-0.4, -0.2) is 40.0 Å². The molecule has 0 unspecified atom stereocenters. The predicted octanol–water partition coefficient (Wildman–Crippen LogP) is 5.96. The van der Waals surface area contributed by atoms with E-state index >= 15 is 0 Å². The van der Waals surface area contributed by atoms with Gasteiger partial charge in [0, 0.05) is 21.5 Å². The zero-order valence-corrected chi connectivity index (χ0v) is 23.2. The summed E-state index contributed by atoms with van der Waals surface area (Å²) in [4.78, 5) is 40.9. The molecule has 0 spiro atoms. The number of nitro groups is 1. The first-order valence-corrected chi connectivity index (χ1v) is 12.8. The van der Waals surface area contributed by atoms with Gasteiger partial charge in [-0.3, -0.25) is 14.9 Å². The highest BCUT2D eigenvalue weighted by molar-refractivity contribution is 9.10. The number of halogens is 2. The van der Waals surface area contributed by atoms with Crippen molar-refractivity contribution in [2.45, 2.75) is 13.0 Å². The van der Waals surface area contributed by atoms with Gasteiger partial charge in [-0.05, 0) is 49.4 Å². The average molecular weight is 626 g/mol. The Bertz CT molecular complexity index is 1900. The molecule has 5 aromatic rings. The summed E-state index contributed by atoms with van der Waals surface area (Å²) < 4.78 is 17.9. The fourth-order valence-corrected chi connectivity index (χ4v) is 4.60. The normalized spacial score (nSPS) is 12.2. The monoisotopic (exact) mass is 624 g/mol. The molecule has 202 valence electrons. The van der Waals surface area contributed by atoms with Crippen molar-refractivity contribution in [3.8, 4) is 17.3 Å². The molecule has 0 amide bonds. The molecule has 40 heavy (non-hydrogen) atoms. The standard InChI is InChI=1S/C27H18BrClN4O7/c1-14(27(35)38-2)39-24-19(29)9-15(10-21(24)33(36)37)13-30-32-25(31-20-6-4-3-5-18(20)26(32)34)23-12-16-11-17(28)7-8-22(16)40-23/h3-14H,1-2H3/t14-/m0/s1. The number of ether oxygens (including phenoxy) is 2. The smallest absolute Gasteiger partial charge is 0.346 e. The number of hydrogen-bond acceptors (Lipinski definition) is 9. The Morgan fingerprint density at radius 3 is 2.75 bits per heavy atom. The molecule has 11 nitrogen and oxygen atoms in total. The number of nitro benzene ring substituents is 1. The molecule has 0 bridgehead atoms. The lowest BCUT2D eigenvalue weighted by molar-refractivity contribution is -0.386. The summed E-state index contributed by atoms with van der Waals surface area (Å²) in [5.41, 5.74) is 0.225. The number of nitrogens with zero attached hydrogens (tertiary/aromatic N) is 4. The maximum absolute atomic E-state index is 13.5. The van der Waals surface area contributed by atoms with Crippen LogP contribution in [0, 0.1) is 10.1 Å². The van der Waals surface area contributed by atoms with Gasteiger partial charge in [-0.25, -0.2) is 9.78 Å². The van der Waals surface area contributed by atoms with E-state index in [0.717, 1.165) is 20.6 Å². The number of para-hydroxylation sites is 1. The van der Waals surface area contributed by atoms with Gasteiger partial charge in [-0.1, -0.05) is 39.7 Å². The van der Waals surface area contributed by atoms with Gasteiger partial charge in [0.1, 0.15) is 5.58 Å². The van der Waals surface area contributed by atoms with Crippen LogP contribution < -0.4 is 10.3 Å². The molecule has 1 atom stereocenters. The zero-order chi connectivity index (χ0) is 28.6. The van der Waals surface area contributed by atoms with Crippen molar-refractivity contribution in [1.82, 2.24) is 9.66 Å². The number of fused-ring (bicyclic) bond motifs is 2. The second kappa shape index (κ2) is 10.9. The van der Waals surface area contributed by atoms with Gasteiger partial charge in [-0.15, -0.1) is 0 Å². The number of aromatic nitrogens is 2. The number of furan rings is 1. The summed E-state index contributed by atoms with van der Waals surface area (Å²) >= 11 is 9.74. The molecule has 0 aliphatic heterocycles. The Morgan fingerprint density at radius 2 is 2.00 bits per heavy atom. The Kier molecular flexibility index (Phi) is 7.37. The summed E-state index contributed by atoms with van der Waals surface area (Å²) in [6, 6.07) is 16.5. The minimum Gasteiger partial charge on any atom is -0.471 e. The Hall–Kier alpha value is -4.55. The first-order valence-electron chi connectivity index (χ1n) is 11.6. The van der Waals surface area contributed by atoms with Gasteiger partial charge in [0.25, 0.3) is 5.56 Å². The molecule has 13 heteroatoms. The van der Waals surface area contributed by atoms with E-state index in [1.807, 2.05) is 12.1 Å². The van der Waals surface area contributed by atoms with Crippen molar-refractivity contribution < 1.29 is 23.6 Å². The molecular weight excluding hydrogens is 608 g/mol. The van der Waals surface area contributed by atoms with Crippen molar-refractivity contribution >= 4 is 67.3 Å². The lowest BCUT2D eigenvalue weighted by Gasteiger charge is -2.14. The van der Waals surface area contributed by atoms with E-state index in [-0.39, 0.29) is 27.9 Å². The molecule has 0 radical (unpaired) electrons. The average Bonchev–Trinajstić information content (AvgIpc) is 3.36. The highest BCUT2D eigenvalue weighted by Gasteiger charge is 2.25. The van der Waals surface area contributed by atoms with Gasteiger partial charge >= 0.3 is 11.7 Å². The lowest BCUT2D eigenvalue weighted by Crippen LogP contribution is -2.25. The molecule has 0 aliphatic carbocycles. The van der Waals surface area contributed by atoms with Gasteiger partial charge in [0.15, 0.2) is 11.9 Å². The molecule has 0 N–H and O–H groups in total. The third-order valence-electron chi connectivity index (χ3n) is 5.85. The maximum atomic E-state index is 13.5. The summed E-state index contributed by atoms with van der Waals surface area (Å²) in [6.45, 7) is 1.37. The summed E-state index contributed by atoms with van der Waals surface area (Å²) in [7, 11) is 1.17. The number of carbonyl (C=O) groups is 1. The van der Waals surface area contributed by atoms with Crippen LogP contribution in [0.1, 0.15) is 12.5 Å². The fourth-order valence-electron chi connectivity index (χ4n) is 3.96. The van der Waals surface area contributed by atoms with Crippen LogP contribution in [0.25, 0.3) is 33.5 Å². The highest BCUT2D eigenvalue weighted by atomic mass is 79.9. The largest absolute Gasteiger partial charge is 0.471 e. The third kappa shape index (κ3) is 5.18. The topological polar surface area (TPSA) is 139 Å². The fraction of sp³-hybridized carbons (Fsp3) is 0.111. The zero-order valence-electron chi connectivity index (χ0n) is 20.8. The molecule has 0 fully saturated rings. The predicted molar refractivity (Wildman–Crippen MR) is 152 cm³/mol. The number of methoxy groups -OCH3 is 1. The molecular formula is C27H18BrClN4O7. The molecule has 2 aromatic heterocycles. The van der Waals surface area contributed by atoms with E-state index in [2.05, 4.69) is 30.8 Å². The Labute approximate surface area is 238 Å². The van der Waals surface area contributed by atoms with Crippen molar-refractivity contribution in [2.75, 3.05) is 7.11 Å². The Morgan fingerprint density at radius 1 is 1.23 bits per heavy atom. The second-order valence-corrected chi connectivity index (χ2v) is 9.82.